The maximum Gasteiger partial charge on any atom is 0.341 e. The lowest BCUT2D eigenvalue weighted by Crippen LogP contribution is -2.32. The number of hydrogen-bond donors (Lipinski definition) is 2. The number of nitrogens with zero attached hydrogens (tertiary/aromatic N) is 2. The molecule has 0 aliphatic rings. The molecule has 106 valence electrons. The summed E-state index contributed by atoms with van der Waals surface area (Å²) in [7, 11) is 1.53. The molecular formula is C12H13FN4O3. The summed E-state index contributed by atoms with van der Waals surface area (Å²) in [5, 5.41) is 5.64. The van der Waals surface area contributed by atoms with E-state index in [1.807, 2.05) is 0 Å². The van der Waals surface area contributed by atoms with Crippen molar-refractivity contribution in [2.45, 2.75) is 0 Å². The molecular weight excluding hydrogens is 267 g/mol. The standard InChI is InChI=1S/C12H13FN4O3/c1-17(11(18)10-14-12(19)16-15-10)6-7-20-9-5-3-2-4-8(9)13/h2-5H,6-7H2,1H3,(H2,14,15,16,19). The summed E-state index contributed by atoms with van der Waals surface area (Å²) in [5.41, 5.74) is -0.552. The van der Waals surface area contributed by atoms with Gasteiger partial charge >= 0.3 is 5.69 Å². The van der Waals surface area contributed by atoms with Crippen LogP contribution in [0, 0.1) is 5.82 Å². The lowest BCUT2D eigenvalue weighted by Gasteiger charge is -2.16. The number of carbonyl (C=O) groups excluding carboxylic acids is 1. The molecule has 0 saturated heterocycles. The van der Waals surface area contributed by atoms with Crippen molar-refractivity contribution in [3.8, 4) is 5.75 Å². The number of para-hydroxylation sites is 1. The van der Waals surface area contributed by atoms with Crippen LogP contribution in [0.2, 0.25) is 0 Å². The Morgan fingerprint density at radius 1 is 1.45 bits per heavy atom. The number of carbonyl (C=O) groups is 1. The number of ether oxygens (including phenoxy) is 1. The third-order valence-electron chi connectivity index (χ3n) is 2.57. The van der Waals surface area contributed by atoms with Gasteiger partial charge in [-0.2, -0.15) is 0 Å². The molecule has 0 fully saturated rings. The summed E-state index contributed by atoms with van der Waals surface area (Å²) in [6.45, 7) is 0.347. The summed E-state index contributed by atoms with van der Waals surface area (Å²) in [6, 6.07) is 6.01. The highest BCUT2D eigenvalue weighted by atomic mass is 19.1. The SMILES string of the molecule is CN(CCOc1ccccc1F)C(=O)c1n[nH]c(=O)[nH]1. The van der Waals surface area contributed by atoms with Crippen molar-refractivity contribution in [2.75, 3.05) is 20.2 Å². The second kappa shape index (κ2) is 6.00. The predicted molar refractivity (Wildman–Crippen MR) is 68.1 cm³/mol. The Bertz CT molecular complexity index is 652. The molecule has 2 aromatic rings. The van der Waals surface area contributed by atoms with Gasteiger partial charge < -0.3 is 9.64 Å². The summed E-state index contributed by atoms with van der Waals surface area (Å²) in [5.74, 6) is -0.872. The van der Waals surface area contributed by atoms with Crippen LogP contribution in [-0.4, -0.2) is 46.2 Å². The van der Waals surface area contributed by atoms with E-state index in [4.69, 9.17) is 4.74 Å². The van der Waals surface area contributed by atoms with Crippen LogP contribution in [-0.2, 0) is 0 Å². The summed E-state index contributed by atoms with van der Waals surface area (Å²) < 4.78 is 18.5. The minimum Gasteiger partial charge on any atom is -0.489 e. The fraction of sp³-hybridized carbons (Fsp3) is 0.250. The Balaban J connectivity index is 1.86. The van der Waals surface area contributed by atoms with E-state index in [1.54, 1.807) is 12.1 Å². The smallest absolute Gasteiger partial charge is 0.341 e. The molecule has 8 heteroatoms. The van der Waals surface area contributed by atoms with Crippen LogP contribution in [0.1, 0.15) is 10.6 Å². The number of benzene rings is 1. The van der Waals surface area contributed by atoms with Crippen LogP contribution in [0.4, 0.5) is 4.39 Å². The van der Waals surface area contributed by atoms with Crippen LogP contribution in [0.15, 0.2) is 29.1 Å². The zero-order valence-electron chi connectivity index (χ0n) is 10.7. The molecule has 1 aromatic heterocycles. The molecule has 0 bridgehead atoms. The molecule has 1 aromatic carbocycles. The van der Waals surface area contributed by atoms with Crippen LogP contribution in [0.25, 0.3) is 0 Å². The fourth-order valence-corrected chi connectivity index (χ4v) is 1.51. The van der Waals surface area contributed by atoms with Crippen molar-refractivity contribution >= 4 is 5.91 Å². The first kappa shape index (κ1) is 13.8. The number of hydrogen-bond acceptors (Lipinski definition) is 4. The van der Waals surface area contributed by atoms with E-state index in [1.165, 1.54) is 24.1 Å². The summed E-state index contributed by atoms with van der Waals surface area (Å²) in [4.78, 5) is 26.2. The molecule has 1 heterocycles. The van der Waals surface area contributed by atoms with E-state index >= 15 is 0 Å². The third kappa shape index (κ3) is 3.22. The summed E-state index contributed by atoms with van der Waals surface area (Å²) >= 11 is 0. The van der Waals surface area contributed by atoms with Crippen molar-refractivity contribution in [3.05, 3.63) is 46.4 Å². The molecule has 0 radical (unpaired) electrons. The Hall–Kier alpha value is -2.64. The first-order valence-corrected chi connectivity index (χ1v) is 5.85. The number of aromatic nitrogens is 3. The molecule has 0 aliphatic carbocycles. The highest BCUT2D eigenvalue weighted by Crippen LogP contribution is 2.14. The number of amides is 1. The van der Waals surface area contributed by atoms with Crippen LogP contribution >= 0.6 is 0 Å². The van der Waals surface area contributed by atoms with Crippen molar-refractivity contribution in [2.24, 2.45) is 0 Å². The average molecular weight is 280 g/mol. The normalized spacial score (nSPS) is 10.3. The van der Waals surface area contributed by atoms with Gasteiger partial charge in [-0.05, 0) is 12.1 Å². The highest BCUT2D eigenvalue weighted by molar-refractivity contribution is 5.90. The molecule has 0 saturated carbocycles. The Kier molecular flexibility index (Phi) is 4.14. The van der Waals surface area contributed by atoms with Gasteiger partial charge in [0.1, 0.15) is 6.61 Å². The molecule has 2 N–H and O–H groups in total. The summed E-state index contributed by atoms with van der Waals surface area (Å²) in [6.07, 6.45) is 0. The fourth-order valence-electron chi connectivity index (χ4n) is 1.51. The quantitative estimate of drug-likeness (QED) is 0.828. The van der Waals surface area contributed by atoms with Gasteiger partial charge in [0, 0.05) is 7.05 Å². The number of rotatable bonds is 5. The Labute approximate surface area is 113 Å². The van der Waals surface area contributed by atoms with Gasteiger partial charge in [-0.15, -0.1) is 5.10 Å². The van der Waals surface area contributed by atoms with Crippen LogP contribution in [0.5, 0.6) is 5.75 Å². The number of halogens is 1. The molecule has 20 heavy (non-hydrogen) atoms. The topological polar surface area (TPSA) is 91.1 Å². The van der Waals surface area contributed by atoms with E-state index in [-0.39, 0.29) is 24.7 Å². The van der Waals surface area contributed by atoms with E-state index in [9.17, 15) is 14.0 Å². The van der Waals surface area contributed by atoms with Gasteiger partial charge in [0.05, 0.1) is 6.54 Å². The Morgan fingerprint density at radius 3 is 2.85 bits per heavy atom. The maximum absolute atomic E-state index is 13.3. The molecule has 0 unspecified atom stereocenters. The molecule has 7 nitrogen and oxygen atoms in total. The van der Waals surface area contributed by atoms with Crippen molar-refractivity contribution in [1.82, 2.24) is 20.1 Å². The van der Waals surface area contributed by atoms with Crippen molar-refractivity contribution in [3.63, 3.8) is 0 Å². The second-order valence-corrected chi connectivity index (χ2v) is 4.03. The average Bonchev–Trinajstić information content (AvgIpc) is 2.86. The molecule has 0 atom stereocenters. The maximum atomic E-state index is 13.3. The van der Waals surface area contributed by atoms with E-state index in [0.717, 1.165) is 0 Å². The third-order valence-corrected chi connectivity index (χ3v) is 2.57. The minimum atomic E-state index is -0.552. The second-order valence-electron chi connectivity index (χ2n) is 4.03. The lowest BCUT2D eigenvalue weighted by atomic mass is 10.3. The van der Waals surface area contributed by atoms with E-state index < -0.39 is 17.4 Å². The first-order chi connectivity index (χ1) is 9.58. The minimum absolute atomic E-state index is 0.0802. The van der Waals surface area contributed by atoms with Gasteiger partial charge in [0.15, 0.2) is 11.6 Å². The Morgan fingerprint density at radius 2 is 2.20 bits per heavy atom. The lowest BCUT2D eigenvalue weighted by molar-refractivity contribution is 0.0761. The van der Waals surface area contributed by atoms with Crippen molar-refractivity contribution in [1.29, 1.82) is 0 Å². The van der Waals surface area contributed by atoms with Gasteiger partial charge in [-0.25, -0.2) is 14.3 Å². The monoisotopic (exact) mass is 280 g/mol. The number of aromatic amines is 2. The molecule has 1 amide bonds. The number of nitrogens with one attached hydrogen (secondary N) is 2. The van der Waals surface area contributed by atoms with Crippen molar-refractivity contribution < 1.29 is 13.9 Å². The largest absolute Gasteiger partial charge is 0.489 e. The van der Waals surface area contributed by atoms with Gasteiger partial charge in [-0.1, -0.05) is 12.1 Å². The van der Waals surface area contributed by atoms with Gasteiger partial charge in [-0.3, -0.25) is 9.78 Å². The van der Waals surface area contributed by atoms with Crippen LogP contribution in [0.3, 0.4) is 0 Å². The molecule has 2 rings (SSSR count). The van der Waals surface area contributed by atoms with Gasteiger partial charge in [0.2, 0.25) is 5.82 Å². The number of likely N-dealkylation sites (N-methyl/N-ethyl adjacent to an activating group) is 1. The molecule has 0 aliphatic heterocycles. The van der Waals surface area contributed by atoms with Crippen LogP contribution < -0.4 is 10.4 Å². The number of H-pyrrole nitrogens is 2. The molecule has 0 spiro atoms. The van der Waals surface area contributed by atoms with E-state index in [0.29, 0.717) is 0 Å². The zero-order valence-corrected chi connectivity index (χ0v) is 10.7. The van der Waals surface area contributed by atoms with Gasteiger partial charge in [0.25, 0.3) is 5.91 Å². The zero-order chi connectivity index (χ0) is 14.5. The first-order valence-electron chi connectivity index (χ1n) is 5.85. The highest BCUT2D eigenvalue weighted by Gasteiger charge is 2.15. The predicted octanol–water partition coefficient (Wildman–Crippen LogP) is 0.388. The van der Waals surface area contributed by atoms with E-state index in [2.05, 4.69) is 15.2 Å².